The van der Waals surface area contributed by atoms with E-state index in [0.717, 1.165) is 18.2 Å². The highest BCUT2D eigenvalue weighted by molar-refractivity contribution is 6.81. The van der Waals surface area contributed by atoms with E-state index in [4.69, 9.17) is 46.4 Å². The first-order valence-corrected chi connectivity index (χ1v) is 8.44. The van der Waals surface area contributed by atoms with E-state index >= 15 is 0 Å². The highest BCUT2D eigenvalue weighted by Gasteiger charge is 2.67. The summed E-state index contributed by atoms with van der Waals surface area (Å²) in [6, 6.07) is 7.86. The molecule has 1 aliphatic rings. The predicted octanol–water partition coefficient (Wildman–Crippen LogP) is 3.40. The molecule has 0 aliphatic heterocycles. The second-order valence-corrected chi connectivity index (χ2v) is 6.71. The van der Waals surface area contributed by atoms with Crippen molar-refractivity contribution in [3.63, 3.8) is 0 Å². The van der Waals surface area contributed by atoms with Gasteiger partial charge in [0.25, 0.3) is 0 Å². The summed E-state index contributed by atoms with van der Waals surface area (Å²) >= 11 is 22.1. The third-order valence-electron chi connectivity index (χ3n) is 4.05. The Balaban J connectivity index is 2.78. The van der Waals surface area contributed by atoms with E-state index in [1.807, 2.05) is 0 Å². The van der Waals surface area contributed by atoms with E-state index in [9.17, 15) is 24.0 Å². The van der Waals surface area contributed by atoms with Crippen molar-refractivity contribution in [2.45, 2.75) is 0 Å². The Morgan fingerprint density at radius 3 is 1.58 bits per heavy atom. The van der Waals surface area contributed by atoms with Crippen LogP contribution in [-0.4, -0.2) is 26.8 Å². The first-order chi connectivity index (χ1) is 12.1. The van der Waals surface area contributed by atoms with E-state index in [1.165, 1.54) is 12.1 Å². The smallest absolute Gasteiger partial charge is 0.242 e. The van der Waals surface area contributed by atoms with Gasteiger partial charge in [-0.2, -0.15) is 0 Å². The number of hydrogen-bond donors (Lipinski definition) is 0. The maximum Gasteiger partial charge on any atom is 0.242 e. The van der Waals surface area contributed by atoms with Crippen molar-refractivity contribution in [1.82, 2.24) is 0 Å². The van der Waals surface area contributed by atoms with Crippen molar-refractivity contribution in [3.8, 4) is 0 Å². The van der Waals surface area contributed by atoms with Crippen LogP contribution in [0.1, 0.15) is 10.4 Å². The Labute approximate surface area is 167 Å². The van der Waals surface area contributed by atoms with E-state index in [-0.39, 0.29) is 11.1 Å². The molecule has 0 heterocycles. The van der Waals surface area contributed by atoms with Gasteiger partial charge in [-0.25, -0.2) is 0 Å². The third-order valence-corrected chi connectivity index (χ3v) is 5.24. The number of allylic oxidation sites excluding steroid dienone is 4. The van der Waals surface area contributed by atoms with Gasteiger partial charge in [0.15, 0.2) is 16.6 Å². The summed E-state index contributed by atoms with van der Waals surface area (Å²) in [7, 11) is 0. The SMILES string of the molecule is O=C(C1=CC(C(=O)Cl)(C(=O)Cl)C(C(=O)Cl)(C(=O)Cl)C=C1)c1ccccc1. The molecule has 1 aliphatic carbocycles. The van der Waals surface area contributed by atoms with Crippen molar-refractivity contribution in [1.29, 1.82) is 0 Å². The van der Waals surface area contributed by atoms with Gasteiger partial charge in [-0.3, -0.25) is 24.0 Å². The number of ketones is 1. The van der Waals surface area contributed by atoms with Crippen molar-refractivity contribution in [3.05, 3.63) is 59.7 Å². The van der Waals surface area contributed by atoms with Crippen LogP contribution >= 0.6 is 46.4 Å². The Morgan fingerprint density at radius 1 is 0.692 bits per heavy atom. The molecule has 0 bridgehead atoms. The van der Waals surface area contributed by atoms with E-state index < -0.39 is 37.6 Å². The minimum atomic E-state index is -2.76. The number of Topliss-reactive ketones (excluding diaryl/α,β-unsaturated/α-hetero) is 1. The minimum absolute atomic E-state index is 0.189. The van der Waals surface area contributed by atoms with Crippen molar-refractivity contribution < 1.29 is 24.0 Å². The lowest BCUT2D eigenvalue weighted by atomic mass is 9.62. The molecule has 5 nitrogen and oxygen atoms in total. The second kappa shape index (κ2) is 7.45. The monoisotopic (exact) mass is 432 g/mol. The number of rotatable bonds is 6. The summed E-state index contributed by atoms with van der Waals surface area (Å²) in [5.41, 5.74) is -5.40. The molecule has 9 heteroatoms. The molecule has 1 aromatic carbocycles. The zero-order chi connectivity index (χ0) is 19.7. The molecule has 1 aromatic rings. The first kappa shape index (κ1) is 20.5. The fraction of sp³-hybridized carbons (Fsp3) is 0.118. The summed E-state index contributed by atoms with van der Waals surface area (Å²) in [6.07, 6.45) is 2.62. The first-order valence-electron chi connectivity index (χ1n) is 6.93. The van der Waals surface area contributed by atoms with Gasteiger partial charge < -0.3 is 0 Å². The van der Waals surface area contributed by atoms with Gasteiger partial charge in [-0.15, -0.1) is 0 Å². The summed E-state index contributed by atoms with van der Waals surface area (Å²) in [6.45, 7) is 0. The van der Waals surface area contributed by atoms with Crippen LogP contribution in [0.25, 0.3) is 0 Å². The fourth-order valence-corrected chi connectivity index (χ4v) is 3.93. The van der Waals surface area contributed by atoms with Gasteiger partial charge in [0.05, 0.1) is 0 Å². The largest absolute Gasteiger partial charge is 0.289 e. The number of benzene rings is 1. The molecule has 2 rings (SSSR count). The normalized spacial score (nSPS) is 17.2. The number of hydrogen-bond acceptors (Lipinski definition) is 5. The second-order valence-electron chi connectivity index (χ2n) is 5.34. The molecular formula is C17H8Cl4O5. The molecule has 0 radical (unpaired) electrons. The highest BCUT2D eigenvalue weighted by atomic mass is 35.5. The average Bonchev–Trinajstić information content (AvgIpc) is 2.60. The van der Waals surface area contributed by atoms with Crippen LogP contribution in [0.3, 0.4) is 0 Å². The number of halogens is 4. The zero-order valence-electron chi connectivity index (χ0n) is 12.7. The lowest BCUT2D eigenvalue weighted by molar-refractivity contribution is -0.146. The molecule has 0 atom stereocenters. The third kappa shape index (κ3) is 2.95. The maximum atomic E-state index is 12.6. The quantitative estimate of drug-likeness (QED) is 0.390. The van der Waals surface area contributed by atoms with Crippen LogP contribution in [-0.2, 0) is 19.2 Å². The highest BCUT2D eigenvalue weighted by Crippen LogP contribution is 2.52. The Kier molecular flexibility index (Phi) is 5.88. The average molecular weight is 434 g/mol. The Hall–Kier alpha value is -1.79. The molecule has 0 fully saturated rings. The van der Waals surface area contributed by atoms with Crippen LogP contribution in [0.4, 0.5) is 0 Å². The molecule has 0 amide bonds. The molecule has 134 valence electrons. The Bertz CT molecular complexity index is 858. The minimum Gasteiger partial charge on any atom is -0.289 e. The molecule has 0 saturated carbocycles. The van der Waals surface area contributed by atoms with E-state index in [2.05, 4.69) is 0 Å². The molecule has 0 N–H and O–H groups in total. The molecule has 0 spiro atoms. The van der Waals surface area contributed by atoms with Gasteiger partial charge in [0.2, 0.25) is 21.0 Å². The van der Waals surface area contributed by atoms with Crippen molar-refractivity contribution in [2.75, 3.05) is 0 Å². The van der Waals surface area contributed by atoms with Gasteiger partial charge in [-0.05, 0) is 52.5 Å². The summed E-state index contributed by atoms with van der Waals surface area (Å²) in [4.78, 5) is 60.9. The lowest BCUT2D eigenvalue weighted by Gasteiger charge is -2.39. The molecule has 0 unspecified atom stereocenters. The van der Waals surface area contributed by atoms with Crippen molar-refractivity contribution >= 4 is 73.2 Å². The van der Waals surface area contributed by atoms with Gasteiger partial charge >= 0.3 is 0 Å². The van der Waals surface area contributed by atoms with Crippen molar-refractivity contribution in [2.24, 2.45) is 10.8 Å². The van der Waals surface area contributed by atoms with Gasteiger partial charge in [0.1, 0.15) is 0 Å². The Morgan fingerprint density at radius 2 is 1.15 bits per heavy atom. The number of carbonyl (C=O) groups is 5. The summed E-state index contributed by atoms with van der Waals surface area (Å²) < 4.78 is 0. The van der Waals surface area contributed by atoms with E-state index in [0.29, 0.717) is 0 Å². The van der Waals surface area contributed by atoms with Crippen LogP contribution < -0.4 is 0 Å². The van der Waals surface area contributed by atoms with E-state index in [1.54, 1.807) is 18.2 Å². The zero-order valence-corrected chi connectivity index (χ0v) is 15.7. The topological polar surface area (TPSA) is 85.3 Å². The van der Waals surface area contributed by atoms with Crippen LogP contribution in [0.5, 0.6) is 0 Å². The fourth-order valence-electron chi connectivity index (χ4n) is 2.66. The number of carbonyl (C=O) groups excluding carboxylic acids is 5. The maximum absolute atomic E-state index is 12.6. The van der Waals surface area contributed by atoms with Gasteiger partial charge in [0, 0.05) is 11.1 Å². The summed E-state index contributed by atoms with van der Waals surface area (Å²) in [5, 5.41) is -5.86. The van der Waals surface area contributed by atoms with Crippen LogP contribution in [0, 0.1) is 10.8 Å². The standard InChI is InChI=1S/C17H8Cl4O5/c18-12(23)16(13(19)24)7-6-10(8-17(16,14(20)25)15(21)26)11(22)9-4-2-1-3-5-9/h1-8H. The lowest BCUT2D eigenvalue weighted by Crippen LogP contribution is -2.56. The molecule has 0 saturated heterocycles. The van der Waals surface area contributed by atoms with Crippen LogP contribution in [0.15, 0.2) is 54.1 Å². The van der Waals surface area contributed by atoms with Gasteiger partial charge in [-0.1, -0.05) is 42.5 Å². The molecule has 0 aromatic heterocycles. The van der Waals surface area contributed by atoms with Crippen LogP contribution in [0.2, 0.25) is 0 Å². The molecular weight excluding hydrogens is 426 g/mol. The molecule has 26 heavy (non-hydrogen) atoms. The predicted molar refractivity (Wildman–Crippen MR) is 96.3 cm³/mol. The summed E-state index contributed by atoms with van der Waals surface area (Å²) in [5.74, 6) is -0.597.